The molecule has 3 rings (SSSR count). The zero-order valence-electron chi connectivity index (χ0n) is 16.6. The summed E-state index contributed by atoms with van der Waals surface area (Å²) in [5, 5.41) is 20.0. The molecule has 0 aliphatic carbocycles. The molecule has 2 N–H and O–H groups in total. The van der Waals surface area contributed by atoms with E-state index < -0.39 is 35.9 Å². The average molecular weight is 416 g/mol. The monoisotopic (exact) mass is 416 g/mol. The van der Waals surface area contributed by atoms with E-state index in [1.807, 2.05) is 30.3 Å². The first-order valence-corrected chi connectivity index (χ1v) is 9.69. The quantitative estimate of drug-likeness (QED) is 0.749. The van der Waals surface area contributed by atoms with Crippen molar-refractivity contribution in [1.29, 1.82) is 0 Å². The van der Waals surface area contributed by atoms with Gasteiger partial charge >= 0.3 is 6.09 Å². The van der Waals surface area contributed by atoms with E-state index >= 15 is 0 Å². The van der Waals surface area contributed by atoms with Gasteiger partial charge in [-0.05, 0) is 23.3 Å². The number of rotatable bonds is 6. The zero-order chi connectivity index (χ0) is 21.7. The van der Waals surface area contributed by atoms with E-state index in [9.17, 15) is 19.1 Å². The lowest BCUT2D eigenvalue weighted by Gasteiger charge is -2.28. The molecule has 8 heteroatoms. The van der Waals surface area contributed by atoms with E-state index in [4.69, 9.17) is 9.84 Å². The van der Waals surface area contributed by atoms with E-state index in [1.54, 1.807) is 0 Å². The molecule has 0 aromatic heterocycles. The topological polar surface area (TPSA) is 90.3 Å². The Hall–Kier alpha value is -2.97. The van der Waals surface area contributed by atoms with Crippen molar-refractivity contribution in [3.63, 3.8) is 0 Å². The molecule has 3 atom stereocenters. The van der Waals surface area contributed by atoms with Gasteiger partial charge in [-0.25, -0.2) is 9.18 Å². The number of likely N-dealkylation sites (N-methyl/N-ethyl adjacent to an activating group) is 1. The fourth-order valence-electron chi connectivity index (χ4n) is 3.61. The summed E-state index contributed by atoms with van der Waals surface area (Å²) in [5.74, 6) is -1.50. The summed E-state index contributed by atoms with van der Waals surface area (Å²) in [5.41, 5.74) is 1.41. The molecule has 0 unspecified atom stereocenters. The van der Waals surface area contributed by atoms with Crippen LogP contribution in [0, 0.1) is 5.82 Å². The van der Waals surface area contributed by atoms with E-state index in [1.165, 1.54) is 41.1 Å². The molecule has 2 aromatic carbocycles. The van der Waals surface area contributed by atoms with Crippen molar-refractivity contribution >= 4 is 12.0 Å². The third-order valence-electron chi connectivity index (χ3n) is 5.27. The van der Waals surface area contributed by atoms with Crippen LogP contribution >= 0.6 is 0 Å². The van der Waals surface area contributed by atoms with Crippen molar-refractivity contribution in [3.05, 3.63) is 71.5 Å². The second-order valence-electron chi connectivity index (χ2n) is 7.27. The maximum Gasteiger partial charge on any atom is 0.410 e. The van der Waals surface area contributed by atoms with Gasteiger partial charge in [-0.2, -0.15) is 0 Å². The van der Waals surface area contributed by atoms with Gasteiger partial charge in [-0.3, -0.25) is 9.69 Å². The Morgan fingerprint density at radius 2 is 1.83 bits per heavy atom. The number of carbonyl (C=O) groups is 2. The third kappa shape index (κ3) is 4.77. The van der Waals surface area contributed by atoms with Crippen molar-refractivity contribution in [3.8, 4) is 0 Å². The van der Waals surface area contributed by atoms with Crippen LogP contribution < -0.4 is 0 Å². The Morgan fingerprint density at radius 1 is 1.17 bits per heavy atom. The molecular weight excluding hydrogens is 391 g/mol. The van der Waals surface area contributed by atoms with Gasteiger partial charge in [0.25, 0.3) is 0 Å². The molecule has 2 amide bonds. The fourth-order valence-corrected chi connectivity index (χ4v) is 3.61. The Kier molecular flexibility index (Phi) is 7.02. The largest absolute Gasteiger partial charge is 0.445 e. The fraction of sp³-hybridized carbons (Fsp3) is 0.364. The normalized spacial score (nSPS) is 20.8. The third-order valence-corrected chi connectivity index (χ3v) is 5.27. The van der Waals surface area contributed by atoms with Gasteiger partial charge in [-0.1, -0.05) is 42.5 Å². The van der Waals surface area contributed by atoms with Crippen LogP contribution in [0.15, 0.2) is 54.6 Å². The SMILES string of the molecule is CN(CCO)C(=O)[C@H]1[C@@H](O)[C@H](c2ccc(F)cc2)CN1C(=O)OCc1ccccc1. The molecule has 0 spiro atoms. The van der Waals surface area contributed by atoms with Crippen LogP contribution in [0.3, 0.4) is 0 Å². The van der Waals surface area contributed by atoms with Crippen molar-refractivity contribution in [2.24, 2.45) is 0 Å². The summed E-state index contributed by atoms with van der Waals surface area (Å²) in [6.07, 6.45) is -1.92. The van der Waals surface area contributed by atoms with E-state index in [0.29, 0.717) is 5.56 Å². The highest BCUT2D eigenvalue weighted by Crippen LogP contribution is 2.34. The number of benzene rings is 2. The van der Waals surface area contributed by atoms with Gasteiger partial charge in [0, 0.05) is 26.1 Å². The van der Waals surface area contributed by atoms with Crippen molar-refractivity contribution in [2.45, 2.75) is 24.7 Å². The van der Waals surface area contributed by atoms with Crippen molar-refractivity contribution in [2.75, 3.05) is 26.7 Å². The standard InChI is InChI=1S/C22H25FN2O5/c1-24(11-12-26)21(28)19-20(27)18(16-7-9-17(23)10-8-16)13-25(19)22(29)30-14-15-5-3-2-4-6-15/h2-10,18-20,26-27H,11-14H2,1H3/t18-,19+,20-/m0/s1. The second kappa shape index (κ2) is 9.69. The van der Waals surface area contributed by atoms with Crippen LogP contribution in [-0.4, -0.2) is 70.9 Å². The molecule has 7 nitrogen and oxygen atoms in total. The highest BCUT2D eigenvalue weighted by atomic mass is 19.1. The molecule has 2 aromatic rings. The number of likely N-dealkylation sites (tertiary alicyclic amines) is 1. The smallest absolute Gasteiger partial charge is 0.410 e. The number of ether oxygens (including phenoxy) is 1. The maximum atomic E-state index is 13.3. The molecule has 0 radical (unpaired) electrons. The van der Waals surface area contributed by atoms with Gasteiger partial charge in [0.05, 0.1) is 12.7 Å². The number of hydrogen-bond acceptors (Lipinski definition) is 5. The first-order valence-electron chi connectivity index (χ1n) is 9.69. The van der Waals surface area contributed by atoms with Gasteiger partial charge < -0.3 is 19.8 Å². The minimum absolute atomic E-state index is 0.0286. The highest BCUT2D eigenvalue weighted by Gasteiger charge is 2.49. The van der Waals surface area contributed by atoms with Gasteiger partial charge in [-0.15, -0.1) is 0 Å². The molecule has 1 heterocycles. The average Bonchev–Trinajstić information content (AvgIpc) is 3.10. The van der Waals surface area contributed by atoms with E-state index in [2.05, 4.69) is 0 Å². The van der Waals surface area contributed by atoms with Crippen LogP contribution in [-0.2, 0) is 16.1 Å². The summed E-state index contributed by atoms with van der Waals surface area (Å²) in [4.78, 5) is 28.2. The predicted molar refractivity (Wildman–Crippen MR) is 107 cm³/mol. The Balaban J connectivity index is 1.81. The summed E-state index contributed by atoms with van der Waals surface area (Å²) in [6.45, 7) is -0.105. The minimum atomic E-state index is -1.20. The van der Waals surface area contributed by atoms with Gasteiger partial charge in [0.15, 0.2) is 0 Å². The molecular formula is C22H25FN2O5. The first kappa shape index (κ1) is 21.7. The van der Waals surface area contributed by atoms with Crippen LogP contribution in [0.2, 0.25) is 0 Å². The highest BCUT2D eigenvalue weighted by molar-refractivity contribution is 5.87. The summed E-state index contributed by atoms with van der Waals surface area (Å²) in [7, 11) is 1.49. The second-order valence-corrected chi connectivity index (χ2v) is 7.27. The first-order chi connectivity index (χ1) is 14.4. The Morgan fingerprint density at radius 3 is 2.47 bits per heavy atom. The van der Waals surface area contributed by atoms with Crippen molar-refractivity contribution in [1.82, 2.24) is 9.80 Å². The molecule has 1 fully saturated rings. The summed E-state index contributed by atoms with van der Waals surface area (Å²) in [6, 6.07) is 13.5. The number of amides is 2. The molecule has 0 saturated carbocycles. The summed E-state index contributed by atoms with van der Waals surface area (Å²) < 4.78 is 18.7. The lowest BCUT2D eigenvalue weighted by molar-refractivity contribution is -0.137. The maximum absolute atomic E-state index is 13.3. The van der Waals surface area contributed by atoms with Crippen molar-refractivity contribution < 1.29 is 28.9 Å². The number of hydrogen-bond donors (Lipinski definition) is 2. The Labute approximate surface area is 174 Å². The number of carbonyl (C=O) groups excluding carboxylic acids is 2. The molecule has 1 aliphatic rings. The molecule has 1 saturated heterocycles. The van der Waals surface area contributed by atoms with Crippen LogP contribution in [0.5, 0.6) is 0 Å². The van der Waals surface area contributed by atoms with E-state index in [-0.39, 0.29) is 26.3 Å². The van der Waals surface area contributed by atoms with Gasteiger partial charge in [0.1, 0.15) is 18.5 Å². The van der Waals surface area contributed by atoms with E-state index in [0.717, 1.165) is 5.56 Å². The molecule has 30 heavy (non-hydrogen) atoms. The predicted octanol–water partition coefficient (Wildman–Crippen LogP) is 1.74. The molecule has 160 valence electrons. The number of halogens is 1. The lowest BCUT2D eigenvalue weighted by atomic mass is 9.93. The summed E-state index contributed by atoms with van der Waals surface area (Å²) >= 11 is 0. The van der Waals surface area contributed by atoms with Gasteiger partial charge in [0.2, 0.25) is 5.91 Å². The van der Waals surface area contributed by atoms with Crippen LogP contribution in [0.25, 0.3) is 0 Å². The van der Waals surface area contributed by atoms with Crippen LogP contribution in [0.1, 0.15) is 17.0 Å². The molecule has 0 bridgehead atoms. The lowest BCUT2D eigenvalue weighted by Crippen LogP contribution is -2.51. The zero-order valence-corrected chi connectivity index (χ0v) is 16.6. The Bertz CT molecular complexity index is 862. The number of aliphatic hydroxyl groups is 2. The minimum Gasteiger partial charge on any atom is -0.445 e. The van der Waals surface area contributed by atoms with Crippen LogP contribution in [0.4, 0.5) is 9.18 Å². The molecule has 1 aliphatic heterocycles. The number of aliphatic hydroxyl groups excluding tert-OH is 2. The number of nitrogens with zero attached hydrogens (tertiary/aromatic N) is 2.